The maximum absolute atomic E-state index is 12.4. The molecule has 1 amide bonds. The van der Waals surface area contributed by atoms with Gasteiger partial charge in [0, 0.05) is 34.8 Å². The molecule has 33 heavy (non-hydrogen) atoms. The Morgan fingerprint density at radius 3 is 2.73 bits per heavy atom. The van der Waals surface area contributed by atoms with E-state index in [1.807, 2.05) is 55.6 Å². The lowest BCUT2D eigenvalue weighted by atomic mass is 10.1. The molecule has 1 N–H and O–H groups in total. The molecule has 0 aliphatic carbocycles. The molecule has 6 heteroatoms. The number of nitrogens with zero attached hydrogens (tertiary/aromatic N) is 3. The number of hydrogen-bond acceptors (Lipinski definition) is 4. The Labute approximate surface area is 192 Å². The second kappa shape index (κ2) is 10.3. The largest absolute Gasteiger partial charge is 0.494 e. The van der Waals surface area contributed by atoms with E-state index in [-0.39, 0.29) is 5.91 Å². The van der Waals surface area contributed by atoms with Crippen LogP contribution in [-0.4, -0.2) is 23.3 Å². The lowest BCUT2D eigenvalue weighted by Crippen LogP contribution is -2.17. The molecule has 0 fully saturated rings. The molecule has 1 aromatic heterocycles. The summed E-state index contributed by atoms with van der Waals surface area (Å²) >= 11 is 0. The van der Waals surface area contributed by atoms with Gasteiger partial charge < -0.3 is 9.30 Å². The van der Waals surface area contributed by atoms with Crippen molar-refractivity contribution in [2.45, 2.75) is 19.9 Å². The van der Waals surface area contributed by atoms with Crippen LogP contribution in [0.25, 0.3) is 10.9 Å². The third-order valence-electron chi connectivity index (χ3n) is 5.19. The molecule has 0 saturated carbocycles. The van der Waals surface area contributed by atoms with Gasteiger partial charge in [-0.15, -0.1) is 0 Å². The van der Waals surface area contributed by atoms with Crippen molar-refractivity contribution >= 4 is 23.0 Å². The minimum absolute atomic E-state index is 0.287. The second-order valence-corrected chi connectivity index (χ2v) is 7.61. The van der Waals surface area contributed by atoms with E-state index in [1.54, 1.807) is 36.5 Å². The number of benzene rings is 3. The van der Waals surface area contributed by atoms with Crippen LogP contribution in [0.5, 0.6) is 5.75 Å². The van der Waals surface area contributed by atoms with E-state index in [0.29, 0.717) is 24.3 Å². The summed E-state index contributed by atoms with van der Waals surface area (Å²) in [6.45, 7) is 3.32. The molecule has 1 heterocycles. The molecule has 0 atom stereocenters. The van der Waals surface area contributed by atoms with Gasteiger partial charge in [-0.25, -0.2) is 5.43 Å². The van der Waals surface area contributed by atoms with Crippen LogP contribution in [0.15, 0.2) is 84.1 Å². The Bertz CT molecular complexity index is 1330. The van der Waals surface area contributed by atoms with Gasteiger partial charge >= 0.3 is 0 Å². The van der Waals surface area contributed by atoms with Gasteiger partial charge in [-0.1, -0.05) is 37.3 Å². The fourth-order valence-corrected chi connectivity index (χ4v) is 3.59. The number of aromatic nitrogens is 1. The highest BCUT2D eigenvalue weighted by atomic mass is 16.5. The van der Waals surface area contributed by atoms with Crippen LogP contribution in [0.4, 0.5) is 0 Å². The Hall–Kier alpha value is -4.37. The number of fused-ring (bicyclic) bond motifs is 1. The van der Waals surface area contributed by atoms with Crippen LogP contribution in [0.2, 0.25) is 0 Å². The molecular weight excluding hydrogens is 412 g/mol. The monoisotopic (exact) mass is 436 g/mol. The summed E-state index contributed by atoms with van der Waals surface area (Å²) in [5.41, 5.74) is 6.73. The van der Waals surface area contributed by atoms with E-state index in [1.165, 1.54) is 0 Å². The minimum Gasteiger partial charge on any atom is -0.494 e. The van der Waals surface area contributed by atoms with Gasteiger partial charge in [0.1, 0.15) is 5.75 Å². The Morgan fingerprint density at radius 1 is 1.12 bits per heavy atom. The van der Waals surface area contributed by atoms with E-state index in [2.05, 4.69) is 21.2 Å². The molecule has 6 nitrogen and oxygen atoms in total. The Kier molecular flexibility index (Phi) is 6.81. The molecular formula is C27H24N4O2. The van der Waals surface area contributed by atoms with Gasteiger partial charge in [-0.05, 0) is 54.4 Å². The van der Waals surface area contributed by atoms with Crippen molar-refractivity contribution < 1.29 is 9.53 Å². The number of amides is 1. The van der Waals surface area contributed by atoms with Crippen molar-refractivity contribution in [3.63, 3.8) is 0 Å². The first kappa shape index (κ1) is 21.8. The Morgan fingerprint density at radius 2 is 1.94 bits per heavy atom. The molecule has 0 aliphatic heterocycles. The number of hydrazone groups is 1. The second-order valence-electron chi connectivity index (χ2n) is 7.61. The SMILES string of the molecule is CCCOc1ccc(C(=O)N/N=C\c2cn(Cc3cccc(C#N)c3)c3ccccc23)cc1. The quantitative estimate of drug-likeness (QED) is 0.308. The first-order chi connectivity index (χ1) is 16.2. The lowest BCUT2D eigenvalue weighted by Gasteiger charge is -2.05. The zero-order valence-corrected chi connectivity index (χ0v) is 18.4. The van der Waals surface area contributed by atoms with Crippen molar-refractivity contribution in [3.05, 3.63) is 101 Å². The van der Waals surface area contributed by atoms with Gasteiger partial charge in [-0.3, -0.25) is 4.79 Å². The number of carbonyl (C=O) groups excluding carboxylic acids is 1. The predicted octanol–water partition coefficient (Wildman–Crippen LogP) is 5.11. The average Bonchev–Trinajstić information content (AvgIpc) is 3.20. The zero-order chi connectivity index (χ0) is 23.0. The number of para-hydroxylation sites is 1. The highest BCUT2D eigenvalue weighted by Gasteiger charge is 2.09. The summed E-state index contributed by atoms with van der Waals surface area (Å²) in [4.78, 5) is 12.4. The van der Waals surface area contributed by atoms with Crippen molar-refractivity contribution in [1.29, 1.82) is 5.26 Å². The van der Waals surface area contributed by atoms with E-state index in [9.17, 15) is 4.79 Å². The maximum Gasteiger partial charge on any atom is 0.271 e. The van der Waals surface area contributed by atoms with E-state index in [0.717, 1.165) is 34.2 Å². The van der Waals surface area contributed by atoms with Gasteiger partial charge in [0.2, 0.25) is 0 Å². The number of nitriles is 1. The fourth-order valence-electron chi connectivity index (χ4n) is 3.59. The van der Waals surface area contributed by atoms with Crippen LogP contribution >= 0.6 is 0 Å². The van der Waals surface area contributed by atoms with E-state index >= 15 is 0 Å². The topological polar surface area (TPSA) is 79.4 Å². The molecule has 3 aromatic carbocycles. The molecule has 164 valence electrons. The van der Waals surface area contributed by atoms with Gasteiger partial charge in [0.25, 0.3) is 5.91 Å². The third kappa shape index (κ3) is 5.28. The zero-order valence-electron chi connectivity index (χ0n) is 18.4. The first-order valence-electron chi connectivity index (χ1n) is 10.8. The average molecular weight is 437 g/mol. The molecule has 0 aliphatic rings. The number of ether oxygens (including phenoxy) is 1. The minimum atomic E-state index is -0.287. The molecule has 4 aromatic rings. The Balaban J connectivity index is 1.49. The van der Waals surface area contributed by atoms with Crippen LogP contribution in [0.1, 0.15) is 40.4 Å². The normalized spacial score (nSPS) is 10.9. The molecule has 0 bridgehead atoms. The highest BCUT2D eigenvalue weighted by molar-refractivity contribution is 6.00. The van der Waals surface area contributed by atoms with Crippen molar-refractivity contribution in [1.82, 2.24) is 9.99 Å². The summed E-state index contributed by atoms with van der Waals surface area (Å²) in [5.74, 6) is 0.454. The number of hydrogen-bond donors (Lipinski definition) is 1. The van der Waals surface area contributed by atoms with Crippen molar-refractivity contribution in [3.8, 4) is 11.8 Å². The van der Waals surface area contributed by atoms with Gasteiger partial charge in [0.15, 0.2) is 0 Å². The van der Waals surface area contributed by atoms with Crippen LogP contribution < -0.4 is 10.2 Å². The van der Waals surface area contributed by atoms with Gasteiger partial charge in [-0.2, -0.15) is 10.4 Å². The molecule has 0 unspecified atom stereocenters. The number of rotatable bonds is 8. The maximum atomic E-state index is 12.4. The van der Waals surface area contributed by atoms with Crippen LogP contribution in [0.3, 0.4) is 0 Å². The van der Waals surface area contributed by atoms with Crippen molar-refractivity contribution in [2.24, 2.45) is 5.10 Å². The van der Waals surface area contributed by atoms with Gasteiger partial charge in [0.05, 0.1) is 24.5 Å². The lowest BCUT2D eigenvalue weighted by molar-refractivity contribution is 0.0955. The summed E-state index contributed by atoms with van der Waals surface area (Å²) in [6, 6.07) is 24.8. The molecule has 0 spiro atoms. The van der Waals surface area contributed by atoms with E-state index < -0.39 is 0 Å². The first-order valence-corrected chi connectivity index (χ1v) is 10.8. The number of carbonyl (C=O) groups is 1. The smallest absolute Gasteiger partial charge is 0.271 e. The summed E-state index contributed by atoms with van der Waals surface area (Å²) in [5, 5.41) is 14.4. The molecule has 0 radical (unpaired) electrons. The predicted molar refractivity (Wildman–Crippen MR) is 129 cm³/mol. The fraction of sp³-hybridized carbons (Fsp3) is 0.148. The van der Waals surface area contributed by atoms with Crippen LogP contribution in [-0.2, 0) is 6.54 Å². The summed E-state index contributed by atoms with van der Waals surface area (Å²) < 4.78 is 7.66. The van der Waals surface area contributed by atoms with Crippen molar-refractivity contribution in [2.75, 3.05) is 6.61 Å². The molecule has 4 rings (SSSR count). The van der Waals surface area contributed by atoms with Crippen LogP contribution in [0, 0.1) is 11.3 Å². The van der Waals surface area contributed by atoms with E-state index in [4.69, 9.17) is 10.00 Å². The third-order valence-corrected chi connectivity index (χ3v) is 5.19. The summed E-state index contributed by atoms with van der Waals surface area (Å²) in [7, 11) is 0. The number of nitrogens with one attached hydrogen (secondary N) is 1. The standard InChI is InChI=1S/C27H24N4O2/c1-2-14-33-24-12-10-22(11-13-24)27(32)30-29-17-23-19-31(26-9-4-3-8-25(23)26)18-21-7-5-6-20(15-21)16-28/h3-13,15,17,19H,2,14,18H2,1H3,(H,30,32)/b29-17-. The highest BCUT2D eigenvalue weighted by Crippen LogP contribution is 2.21. The summed E-state index contributed by atoms with van der Waals surface area (Å²) in [6.07, 6.45) is 4.58. The molecule has 0 saturated heterocycles.